The molecule has 2 amide bonds. The fourth-order valence-corrected chi connectivity index (χ4v) is 4.62. The summed E-state index contributed by atoms with van der Waals surface area (Å²) in [5.74, 6) is -0.222. The molecule has 31 heavy (non-hydrogen) atoms. The predicted molar refractivity (Wildman–Crippen MR) is 111 cm³/mol. The number of ether oxygens (including phenoxy) is 3. The Hall–Kier alpha value is -2.03. The Bertz CT molecular complexity index is 758. The van der Waals surface area contributed by atoms with Crippen LogP contribution in [0.25, 0.3) is 0 Å². The second-order valence-electron chi connectivity index (χ2n) is 8.63. The summed E-state index contributed by atoms with van der Waals surface area (Å²) in [6.07, 6.45) is 3.34. The van der Waals surface area contributed by atoms with Crippen molar-refractivity contribution in [3.63, 3.8) is 0 Å². The van der Waals surface area contributed by atoms with Crippen LogP contribution in [0, 0.1) is 5.82 Å². The predicted octanol–water partition coefficient (Wildman–Crippen LogP) is 1.78. The maximum atomic E-state index is 13.1. The van der Waals surface area contributed by atoms with Gasteiger partial charge in [0, 0.05) is 39.2 Å². The van der Waals surface area contributed by atoms with Gasteiger partial charge in [0.15, 0.2) is 0 Å². The molecule has 0 N–H and O–H groups in total. The number of benzene rings is 1. The second-order valence-corrected chi connectivity index (χ2v) is 8.63. The molecule has 170 valence electrons. The highest BCUT2D eigenvalue weighted by Crippen LogP contribution is 2.36. The van der Waals surface area contributed by atoms with E-state index in [1.54, 1.807) is 17.0 Å². The van der Waals surface area contributed by atoms with Crippen LogP contribution in [-0.2, 0) is 30.2 Å². The minimum Gasteiger partial charge on any atom is -0.378 e. The third-order valence-corrected chi connectivity index (χ3v) is 6.55. The summed E-state index contributed by atoms with van der Waals surface area (Å²) in [6, 6.07) is 6.08. The van der Waals surface area contributed by atoms with E-state index in [0.717, 1.165) is 31.2 Å². The van der Waals surface area contributed by atoms with Crippen LogP contribution in [0.2, 0.25) is 0 Å². The molecular weight excluding hydrogens is 403 g/mol. The van der Waals surface area contributed by atoms with Gasteiger partial charge in [0.2, 0.25) is 11.8 Å². The molecule has 0 radical (unpaired) electrons. The lowest BCUT2D eigenvalue weighted by atomic mass is 9.83. The molecule has 3 saturated heterocycles. The van der Waals surface area contributed by atoms with Crippen LogP contribution < -0.4 is 0 Å². The number of likely N-dealkylation sites (tertiary alicyclic amines) is 1. The van der Waals surface area contributed by atoms with Crippen molar-refractivity contribution in [2.24, 2.45) is 0 Å². The van der Waals surface area contributed by atoms with E-state index in [1.165, 1.54) is 12.1 Å². The molecule has 3 fully saturated rings. The van der Waals surface area contributed by atoms with Gasteiger partial charge in [-0.15, -0.1) is 0 Å². The standard InChI is InChI=1S/C23H31FN2O5/c24-19-3-1-18(2-4-19)15-21(27)25-8-6-23(7-9-25)16-20(5-12-31-23)30-17-22(28)26-10-13-29-14-11-26/h1-4,20H,5-17H2. The van der Waals surface area contributed by atoms with Crippen LogP contribution in [0.15, 0.2) is 24.3 Å². The molecule has 8 heteroatoms. The molecule has 3 heterocycles. The number of rotatable bonds is 5. The maximum absolute atomic E-state index is 13.1. The average Bonchev–Trinajstić information content (AvgIpc) is 2.80. The molecule has 4 rings (SSSR count). The molecule has 0 bridgehead atoms. The molecule has 1 atom stereocenters. The first-order chi connectivity index (χ1) is 15.0. The first-order valence-electron chi connectivity index (χ1n) is 11.2. The van der Waals surface area contributed by atoms with Gasteiger partial charge in [0.05, 0.1) is 31.3 Å². The minimum atomic E-state index is -0.297. The fourth-order valence-electron chi connectivity index (χ4n) is 4.62. The highest BCUT2D eigenvalue weighted by atomic mass is 19.1. The fraction of sp³-hybridized carbons (Fsp3) is 0.652. The number of carbonyl (C=O) groups excluding carboxylic acids is 2. The van der Waals surface area contributed by atoms with Crippen molar-refractivity contribution in [2.75, 3.05) is 52.6 Å². The Morgan fingerprint density at radius 2 is 1.68 bits per heavy atom. The molecule has 1 aromatic rings. The first-order valence-corrected chi connectivity index (χ1v) is 11.2. The van der Waals surface area contributed by atoms with Gasteiger partial charge in [-0.1, -0.05) is 12.1 Å². The zero-order valence-corrected chi connectivity index (χ0v) is 17.9. The van der Waals surface area contributed by atoms with E-state index in [1.807, 2.05) is 4.90 Å². The van der Waals surface area contributed by atoms with Crippen LogP contribution in [0.3, 0.4) is 0 Å². The van der Waals surface area contributed by atoms with Crippen molar-refractivity contribution in [1.29, 1.82) is 0 Å². The van der Waals surface area contributed by atoms with E-state index in [-0.39, 0.29) is 42.4 Å². The Balaban J connectivity index is 1.23. The van der Waals surface area contributed by atoms with Gasteiger partial charge in [-0.05, 0) is 37.0 Å². The van der Waals surface area contributed by atoms with Gasteiger partial charge in [-0.2, -0.15) is 0 Å². The van der Waals surface area contributed by atoms with Crippen LogP contribution in [0.4, 0.5) is 4.39 Å². The molecule has 7 nitrogen and oxygen atoms in total. The number of nitrogens with zero attached hydrogens (tertiary/aromatic N) is 2. The van der Waals surface area contributed by atoms with Crippen LogP contribution in [0.5, 0.6) is 0 Å². The molecule has 3 aliphatic heterocycles. The number of halogens is 1. The summed E-state index contributed by atoms with van der Waals surface area (Å²) in [5, 5.41) is 0. The summed E-state index contributed by atoms with van der Waals surface area (Å²) < 4.78 is 30.5. The molecule has 3 aliphatic rings. The van der Waals surface area contributed by atoms with Gasteiger partial charge < -0.3 is 24.0 Å². The highest BCUT2D eigenvalue weighted by molar-refractivity contribution is 5.79. The van der Waals surface area contributed by atoms with E-state index < -0.39 is 0 Å². The van der Waals surface area contributed by atoms with Crippen LogP contribution in [-0.4, -0.2) is 85.9 Å². The van der Waals surface area contributed by atoms with Gasteiger partial charge >= 0.3 is 0 Å². The zero-order chi connectivity index (χ0) is 21.7. The first kappa shape index (κ1) is 22.2. The molecule has 1 aromatic carbocycles. The lowest BCUT2D eigenvalue weighted by molar-refractivity contribution is -0.167. The van der Waals surface area contributed by atoms with Gasteiger partial charge in [-0.25, -0.2) is 4.39 Å². The maximum Gasteiger partial charge on any atom is 0.248 e. The molecular formula is C23H31FN2O5. The largest absolute Gasteiger partial charge is 0.378 e. The van der Waals surface area contributed by atoms with Gasteiger partial charge in [0.25, 0.3) is 0 Å². The summed E-state index contributed by atoms with van der Waals surface area (Å²) in [5.41, 5.74) is 0.538. The Morgan fingerprint density at radius 3 is 2.39 bits per heavy atom. The topological polar surface area (TPSA) is 68.3 Å². The van der Waals surface area contributed by atoms with Crippen molar-refractivity contribution in [3.8, 4) is 0 Å². The molecule has 0 aliphatic carbocycles. The smallest absolute Gasteiger partial charge is 0.248 e. The molecule has 0 aromatic heterocycles. The van der Waals surface area contributed by atoms with Crippen molar-refractivity contribution in [1.82, 2.24) is 9.80 Å². The van der Waals surface area contributed by atoms with Crippen molar-refractivity contribution >= 4 is 11.8 Å². The summed E-state index contributed by atoms with van der Waals surface area (Å²) in [6.45, 7) is 4.41. The molecule has 1 spiro atoms. The van der Waals surface area contributed by atoms with E-state index in [4.69, 9.17) is 14.2 Å². The lowest BCUT2D eigenvalue weighted by Crippen LogP contribution is -2.52. The Morgan fingerprint density at radius 1 is 1.00 bits per heavy atom. The Kier molecular flexibility index (Phi) is 7.20. The average molecular weight is 435 g/mol. The summed E-state index contributed by atoms with van der Waals surface area (Å²) in [7, 11) is 0. The summed E-state index contributed by atoms with van der Waals surface area (Å²) in [4.78, 5) is 28.6. The van der Waals surface area contributed by atoms with Crippen molar-refractivity contribution < 1.29 is 28.2 Å². The number of amides is 2. The van der Waals surface area contributed by atoms with E-state index in [2.05, 4.69) is 0 Å². The van der Waals surface area contributed by atoms with Crippen molar-refractivity contribution in [3.05, 3.63) is 35.6 Å². The number of piperidine rings is 1. The van der Waals surface area contributed by atoms with Crippen LogP contribution in [0.1, 0.15) is 31.2 Å². The number of carbonyl (C=O) groups is 2. The quantitative estimate of drug-likeness (QED) is 0.707. The number of morpholine rings is 1. The molecule has 0 saturated carbocycles. The number of hydrogen-bond donors (Lipinski definition) is 0. The van der Waals surface area contributed by atoms with Gasteiger partial charge in [-0.3, -0.25) is 9.59 Å². The second kappa shape index (κ2) is 10.1. The summed E-state index contributed by atoms with van der Waals surface area (Å²) >= 11 is 0. The number of hydrogen-bond acceptors (Lipinski definition) is 5. The third-order valence-electron chi connectivity index (χ3n) is 6.55. The van der Waals surface area contributed by atoms with E-state index >= 15 is 0 Å². The normalized spacial score (nSPS) is 23.7. The van der Waals surface area contributed by atoms with Gasteiger partial charge in [0.1, 0.15) is 12.4 Å². The monoisotopic (exact) mass is 434 g/mol. The van der Waals surface area contributed by atoms with E-state index in [9.17, 15) is 14.0 Å². The SMILES string of the molecule is O=C(COC1CCOC2(CCN(C(=O)Cc3ccc(F)cc3)CC2)C1)N1CCOCC1. The third kappa shape index (κ3) is 5.81. The minimum absolute atomic E-state index is 0.000192. The zero-order valence-electron chi connectivity index (χ0n) is 17.9. The van der Waals surface area contributed by atoms with E-state index in [0.29, 0.717) is 46.0 Å². The highest BCUT2D eigenvalue weighted by Gasteiger charge is 2.41. The van der Waals surface area contributed by atoms with Crippen LogP contribution >= 0.6 is 0 Å². The molecule has 1 unspecified atom stereocenters. The lowest BCUT2D eigenvalue weighted by Gasteiger charge is -2.46. The Labute approximate surface area is 182 Å². The van der Waals surface area contributed by atoms with Crippen molar-refractivity contribution in [2.45, 2.75) is 43.8 Å².